The van der Waals surface area contributed by atoms with Gasteiger partial charge in [-0.25, -0.2) is 9.37 Å². The minimum Gasteiger partial charge on any atom is -0.394 e. The summed E-state index contributed by atoms with van der Waals surface area (Å²) >= 11 is 5.67. The van der Waals surface area contributed by atoms with Gasteiger partial charge in [-0.2, -0.15) is 5.10 Å². The zero-order chi connectivity index (χ0) is 15.2. The summed E-state index contributed by atoms with van der Waals surface area (Å²) < 4.78 is 15.2. The zero-order valence-corrected chi connectivity index (χ0v) is 12.5. The molecule has 0 amide bonds. The number of rotatable bonds is 7. The zero-order valence-electron chi connectivity index (χ0n) is 11.7. The van der Waals surface area contributed by atoms with E-state index >= 15 is 0 Å². The summed E-state index contributed by atoms with van der Waals surface area (Å²) in [4.78, 5) is 3.88. The van der Waals surface area contributed by atoms with Gasteiger partial charge in [-0.15, -0.1) is 0 Å². The van der Waals surface area contributed by atoms with E-state index in [9.17, 15) is 9.50 Å². The lowest BCUT2D eigenvalue weighted by atomic mass is 10.1. The minimum atomic E-state index is -0.482. The van der Waals surface area contributed by atoms with Crippen LogP contribution in [0.25, 0.3) is 0 Å². The average molecular weight is 313 g/mol. The second-order valence-electron chi connectivity index (χ2n) is 4.92. The van der Waals surface area contributed by atoms with Gasteiger partial charge in [0.2, 0.25) is 0 Å². The fourth-order valence-corrected chi connectivity index (χ4v) is 2.20. The van der Waals surface area contributed by atoms with Gasteiger partial charge in [0.25, 0.3) is 0 Å². The monoisotopic (exact) mass is 312 g/mol. The molecule has 2 unspecified atom stereocenters. The Balaban J connectivity index is 1.92. The van der Waals surface area contributed by atoms with Crippen molar-refractivity contribution in [3.8, 4) is 0 Å². The van der Waals surface area contributed by atoms with Gasteiger partial charge >= 0.3 is 0 Å². The third-order valence-corrected chi connectivity index (χ3v) is 3.58. The van der Waals surface area contributed by atoms with Crippen LogP contribution in [0.3, 0.4) is 0 Å². The van der Waals surface area contributed by atoms with Crippen LogP contribution in [-0.2, 0) is 6.54 Å². The van der Waals surface area contributed by atoms with Crippen molar-refractivity contribution in [2.24, 2.45) is 0 Å². The standard InChI is InChI=1S/C14H18ClFN4O/c1-10(4-5-20-9-17-8-18-20)19-14(7-21)11-2-3-12(15)13(16)6-11/h2-3,6,8-10,14,19,21H,4-5,7H2,1H3. The quantitative estimate of drug-likeness (QED) is 0.822. The SMILES string of the molecule is CC(CCn1cncn1)NC(CO)c1ccc(Cl)c(F)c1. The molecule has 21 heavy (non-hydrogen) atoms. The highest BCUT2D eigenvalue weighted by Crippen LogP contribution is 2.20. The van der Waals surface area contributed by atoms with Gasteiger partial charge < -0.3 is 10.4 Å². The maximum absolute atomic E-state index is 13.5. The Morgan fingerprint density at radius 2 is 2.29 bits per heavy atom. The van der Waals surface area contributed by atoms with E-state index in [0.29, 0.717) is 5.56 Å². The number of aromatic nitrogens is 3. The summed E-state index contributed by atoms with van der Waals surface area (Å²) in [5.74, 6) is -0.482. The van der Waals surface area contributed by atoms with Crippen LogP contribution in [0, 0.1) is 5.82 Å². The molecule has 0 aliphatic rings. The van der Waals surface area contributed by atoms with Crippen molar-refractivity contribution >= 4 is 11.6 Å². The molecule has 2 rings (SSSR count). The molecule has 114 valence electrons. The van der Waals surface area contributed by atoms with E-state index in [-0.39, 0.29) is 23.7 Å². The summed E-state index contributed by atoms with van der Waals surface area (Å²) in [6.07, 6.45) is 3.96. The van der Waals surface area contributed by atoms with Gasteiger partial charge in [0, 0.05) is 12.6 Å². The molecule has 2 atom stereocenters. The smallest absolute Gasteiger partial charge is 0.142 e. The molecule has 7 heteroatoms. The first-order valence-corrected chi connectivity index (χ1v) is 7.12. The summed E-state index contributed by atoms with van der Waals surface area (Å²) in [5, 5.41) is 16.9. The number of hydrogen-bond acceptors (Lipinski definition) is 4. The number of halogens is 2. The molecule has 2 N–H and O–H groups in total. The van der Waals surface area contributed by atoms with Gasteiger partial charge in [-0.3, -0.25) is 4.68 Å². The molecule has 1 aromatic heterocycles. The molecule has 0 aliphatic heterocycles. The predicted octanol–water partition coefficient (Wildman–Crippen LogP) is 2.17. The van der Waals surface area contributed by atoms with Crippen LogP contribution in [0.2, 0.25) is 5.02 Å². The molecule has 2 aromatic rings. The number of nitrogens with zero attached hydrogens (tertiary/aromatic N) is 3. The van der Waals surface area contributed by atoms with Crippen LogP contribution in [-0.4, -0.2) is 32.5 Å². The highest BCUT2D eigenvalue weighted by molar-refractivity contribution is 6.30. The number of benzene rings is 1. The van der Waals surface area contributed by atoms with E-state index in [4.69, 9.17) is 11.6 Å². The van der Waals surface area contributed by atoms with Crippen LogP contribution in [0.1, 0.15) is 24.9 Å². The molecule has 0 spiro atoms. The Bertz CT molecular complexity index is 564. The molecule has 5 nitrogen and oxygen atoms in total. The normalized spacial score (nSPS) is 14.1. The van der Waals surface area contributed by atoms with Crippen molar-refractivity contribution in [3.63, 3.8) is 0 Å². The van der Waals surface area contributed by atoms with Gasteiger partial charge in [0.1, 0.15) is 18.5 Å². The number of hydrogen-bond donors (Lipinski definition) is 2. The lowest BCUT2D eigenvalue weighted by Crippen LogP contribution is -2.33. The lowest BCUT2D eigenvalue weighted by Gasteiger charge is -2.22. The highest BCUT2D eigenvalue weighted by atomic mass is 35.5. The molecule has 0 radical (unpaired) electrons. The Hall–Kier alpha value is -1.50. The molecule has 0 saturated heterocycles. The van der Waals surface area contributed by atoms with E-state index in [1.54, 1.807) is 17.1 Å². The van der Waals surface area contributed by atoms with Gasteiger partial charge in [0.05, 0.1) is 17.7 Å². The number of nitrogens with one attached hydrogen (secondary N) is 1. The van der Waals surface area contributed by atoms with E-state index in [0.717, 1.165) is 13.0 Å². The van der Waals surface area contributed by atoms with Crippen molar-refractivity contribution in [1.82, 2.24) is 20.1 Å². The van der Waals surface area contributed by atoms with Gasteiger partial charge in [-0.1, -0.05) is 17.7 Å². The summed E-state index contributed by atoms with van der Waals surface area (Å²) in [6, 6.07) is 4.35. The van der Waals surface area contributed by atoms with E-state index < -0.39 is 5.82 Å². The van der Waals surface area contributed by atoms with Gasteiger partial charge in [-0.05, 0) is 31.0 Å². The second-order valence-corrected chi connectivity index (χ2v) is 5.33. The minimum absolute atomic E-state index is 0.0784. The summed E-state index contributed by atoms with van der Waals surface area (Å²) in [5.41, 5.74) is 0.673. The number of aliphatic hydroxyl groups excluding tert-OH is 1. The first-order valence-electron chi connectivity index (χ1n) is 6.74. The highest BCUT2D eigenvalue weighted by Gasteiger charge is 2.15. The maximum Gasteiger partial charge on any atom is 0.142 e. The number of aryl methyl sites for hydroxylation is 1. The van der Waals surface area contributed by atoms with Crippen molar-refractivity contribution in [3.05, 3.63) is 47.3 Å². The largest absolute Gasteiger partial charge is 0.394 e. The fourth-order valence-electron chi connectivity index (χ4n) is 2.08. The van der Waals surface area contributed by atoms with Crippen LogP contribution >= 0.6 is 11.6 Å². The maximum atomic E-state index is 13.5. The van der Waals surface area contributed by atoms with Crippen LogP contribution in [0.5, 0.6) is 0 Å². The first-order chi connectivity index (χ1) is 10.1. The molecule has 0 fully saturated rings. The first kappa shape index (κ1) is 15.9. The van der Waals surface area contributed by atoms with Crippen molar-refractivity contribution in [1.29, 1.82) is 0 Å². The Morgan fingerprint density at radius 1 is 1.48 bits per heavy atom. The van der Waals surface area contributed by atoms with Crippen LogP contribution in [0.4, 0.5) is 4.39 Å². The van der Waals surface area contributed by atoms with Crippen molar-refractivity contribution in [2.45, 2.75) is 32.0 Å². The molecular weight excluding hydrogens is 295 g/mol. The molecular formula is C14H18ClFN4O. The molecule has 1 heterocycles. The Labute approximate surface area is 127 Å². The van der Waals surface area contributed by atoms with E-state index in [2.05, 4.69) is 15.4 Å². The molecule has 0 aliphatic carbocycles. The van der Waals surface area contributed by atoms with Crippen molar-refractivity contribution < 1.29 is 9.50 Å². The van der Waals surface area contributed by atoms with Gasteiger partial charge in [0.15, 0.2) is 0 Å². The number of aliphatic hydroxyl groups is 1. The molecule has 0 saturated carbocycles. The van der Waals surface area contributed by atoms with Crippen molar-refractivity contribution in [2.75, 3.05) is 6.61 Å². The summed E-state index contributed by atoms with van der Waals surface area (Å²) in [6.45, 7) is 2.61. The Morgan fingerprint density at radius 3 is 2.90 bits per heavy atom. The Kier molecular flexibility index (Phi) is 5.67. The topological polar surface area (TPSA) is 63.0 Å². The van der Waals surface area contributed by atoms with E-state index in [1.807, 2.05) is 6.92 Å². The molecule has 0 bridgehead atoms. The van der Waals surface area contributed by atoms with Crippen LogP contribution in [0.15, 0.2) is 30.9 Å². The third-order valence-electron chi connectivity index (χ3n) is 3.27. The molecule has 1 aromatic carbocycles. The fraction of sp³-hybridized carbons (Fsp3) is 0.429. The second kappa shape index (κ2) is 7.49. The average Bonchev–Trinajstić information content (AvgIpc) is 2.99. The predicted molar refractivity (Wildman–Crippen MR) is 78.5 cm³/mol. The summed E-state index contributed by atoms with van der Waals surface area (Å²) in [7, 11) is 0. The third kappa shape index (κ3) is 4.49. The van der Waals surface area contributed by atoms with Crippen LogP contribution < -0.4 is 5.32 Å². The lowest BCUT2D eigenvalue weighted by molar-refractivity contribution is 0.231. The van der Waals surface area contributed by atoms with E-state index in [1.165, 1.54) is 18.5 Å².